The van der Waals surface area contributed by atoms with Crippen molar-refractivity contribution < 1.29 is 14.3 Å². The normalized spacial score (nSPS) is 29.3. The molecule has 4 rings (SSSR count). The standard InChI is InChI=1S/C21H29NO3/c23-21(22-12-4-8-16-6-1-2-11-20(16)22)17-7-3-9-18(14-17)25-15-19-10-5-13-24-19/h3,7,9,14,16,19-20H,1-2,4-6,8,10-13,15H2. The maximum Gasteiger partial charge on any atom is 0.254 e. The maximum atomic E-state index is 13.1. The van der Waals surface area contributed by atoms with Crippen LogP contribution >= 0.6 is 0 Å². The number of nitrogens with zero attached hydrogens (tertiary/aromatic N) is 1. The average Bonchev–Trinajstić information content (AvgIpc) is 3.19. The first-order chi connectivity index (χ1) is 12.3. The predicted molar refractivity (Wildman–Crippen MR) is 96.9 cm³/mol. The number of carbonyl (C=O) groups excluding carboxylic acids is 1. The first-order valence-corrected chi connectivity index (χ1v) is 9.97. The van der Waals surface area contributed by atoms with Gasteiger partial charge < -0.3 is 14.4 Å². The van der Waals surface area contributed by atoms with Crippen LogP contribution in [0, 0.1) is 5.92 Å². The van der Waals surface area contributed by atoms with E-state index in [0.717, 1.165) is 43.7 Å². The fraction of sp³-hybridized carbons (Fsp3) is 0.667. The van der Waals surface area contributed by atoms with Crippen molar-refractivity contribution in [3.05, 3.63) is 29.8 Å². The quantitative estimate of drug-likeness (QED) is 0.828. The molecule has 3 fully saturated rings. The van der Waals surface area contributed by atoms with Gasteiger partial charge >= 0.3 is 0 Å². The van der Waals surface area contributed by atoms with Crippen molar-refractivity contribution in [3.63, 3.8) is 0 Å². The number of hydrogen-bond acceptors (Lipinski definition) is 3. The molecule has 2 heterocycles. The van der Waals surface area contributed by atoms with E-state index in [9.17, 15) is 4.79 Å². The summed E-state index contributed by atoms with van der Waals surface area (Å²) < 4.78 is 11.5. The summed E-state index contributed by atoms with van der Waals surface area (Å²) in [6.07, 6.45) is 9.86. The van der Waals surface area contributed by atoms with Crippen LogP contribution in [0.25, 0.3) is 0 Å². The van der Waals surface area contributed by atoms with Crippen LogP contribution in [-0.4, -0.2) is 42.7 Å². The van der Waals surface area contributed by atoms with E-state index in [1.165, 1.54) is 32.1 Å². The summed E-state index contributed by atoms with van der Waals surface area (Å²) in [5.74, 6) is 1.67. The van der Waals surface area contributed by atoms with Gasteiger partial charge in [0.1, 0.15) is 12.4 Å². The monoisotopic (exact) mass is 343 g/mol. The number of carbonyl (C=O) groups is 1. The lowest BCUT2D eigenvalue weighted by Gasteiger charge is -2.44. The molecule has 1 aliphatic carbocycles. The first kappa shape index (κ1) is 16.9. The summed E-state index contributed by atoms with van der Waals surface area (Å²) in [6, 6.07) is 8.15. The summed E-state index contributed by atoms with van der Waals surface area (Å²) in [6.45, 7) is 2.32. The molecule has 3 atom stereocenters. The van der Waals surface area contributed by atoms with E-state index < -0.39 is 0 Å². The Morgan fingerprint density at radius 1 is 1.12 bits per heavy atom. The highest BCUT2D eigenvalue weighted by Crippen LogP contribution is 2.36. The molecule has 1 saturated carbocycles. The van der Waals surface area contributed by atoms with Crippen molar-refractivity contribution in [1.82, 2.24) is 4.90 Å². The maximum absolute atomic E-state index is 13.1. The van der Waals surface area contributed by atoms with Crippen molar-refractivity contribution in [2.75, 3.05) is 19.8 Å². The SMILES string of the molecule is O=C(c1cccc(OCC2CCCO2)c1)N1CCCC2CCCCC21. The zero-order valence-electron chi connectivity index (χ0n) is 15.0. The molecule has 4 nitrogen and oxygen atoms in total. The fourth-order valence-corrected chi connectivity index (χ4v) is 4.73. The highest BCUT2D eigenvalue weighted by atomic mass is 16.5. The van der Waals surface area contributed by atoms with E-state index >= 15 is 0 Å². The second-order valence-electron chi connectivity index (χ2n) is 7.73. The molecule has 4 heteroatoms. The van der Waals surface area contributed by atoms with E-state index in [1.807, 2.05) is 24.3 Å². The van der Waals surface area contributed by atoms with Crippen molar-refractivity contribution in [2.45, 2.75) is 63.5 Å². The Bertz CT molecular complexity index is 595. The number of piperidine rings is 1. The molecule has 1 aromatic rings. The highest BCUT2D eigenvalue weighted by Gasteiger charge is 2.36. The molecular formula is C21H29NO3. The second-order valence-corrected chi connectivity index (χ2v) is 7.73. The molecule has 0 radical (unpaired) electrons. The summed E-state index contributed by atoms with van der Waals surface area (Å²) in [4.78, 5) is 15.3. The van der Waals surface area contributed by atoms with Crippen LogP contribution in [0.2, 0.25) is 0 Å². The number of amides is 1. The van der Waals surface area contributed by atoms with Crippen LogP contribution in [0.4, 0.5) is 0 Å². The third-order valence-corrected chi connectivity index (χ3v) is 6.04. The predicted octanol–water partition coefficient (Wildman–Crippen LogP) is 4.04. The van der Waals surface area contributed by atoms with E-state index in [1.54, 1.807) is 0 Å². The number of fused-ring (bicyclic) bond motifs is 1. The van der Waals surface area contributed by atoms with Gasteiger partial charge in [-0.25, -0.2) is 0 Å². The van der Waals surface area contributed by atoms with Gasteiger partial charge in [-0.1, -0.05) is 18.9 Å². The van der Waals surface area contributed by atoms with Gasteiger partial charge in [0.2, 0.25) is 0 Å². The summed E-state index contributed by atoms with van der Waals surface area (Å²) in [5, 5.41) is 0. The number of hydrogen-bond donors (Lipinski definition) is 0. The molecule has 1 amide bonds. The lowest BCUT2D eigenvalue weighted by Crippen LogP contribution is -2.49. The molecule has 0 spiro atoms. The molecule has 2 saturated heterocycles. The van der Waals surface area contributed by atoms with E-state index in [0.29, 0.717) is 18.6 Å². The van der Waals surface area contributed by atoms with Crippen LogP contribution in [-0.2, 0) is 4.74 Å². The Balaban J connectivity index is 1.43. The Labute approximate surface area is 150 Å². The minimum absolute atomic E-state index is 0.180. The third-order valence-electron chi connectivity index (χ3n) is 6.04. The van der Waals surface area contributed by atoms with Crippen LogP contribution in [0.3, 0.4) is 0 Å². The molecule has 3 unspecified atom stereocenters. The lowest BCUT2D eigenvalue weighted by atomic mass is 9.78. The summed E-state index contributed by atoms with van der Waals surface area (Å²) in [5.41, 5.74) is 0.760. The summed E-state index contributed by atoms with van der Waals surface area (Å²) in [7, 11) is 0. The molecule has 2 aliphatic heterocycles. The van der Waals surface area contributed by atoms with E-state index in [-0.39, 0.29) is 12.0 Å². The van der Waals surface area contributed by atoms with E-state index in [4.69, 9.17) is 9.47 Å². The van der Waals surface area contributed by atoms with Crippen LogP contribution in [0.5, 0.6) is 5.75 Å². The lowest BCUT2D eigenvalue weighted by molar-refractivity contribution is 0.0390. The zero-order valence-corrected chi connectivity index (χ0v) is 15.0. The van der Waals surface area contributed by atoms with Gasteiger partial charge in [-0.05, 0) is 62.6 Å². The average molecular weight is 343 g/mol. The molecular weight excluding hydrogens is 314 g/mol. The van der Waals surface area contributed by atoms with Crippen molar-refractivity contribution >= 4 is 5.91 Å². The Morgan fingerprint density at radius 2 is 2.00 bits per heavy atom. The molecule has 1 aromatic carbocycles. The molecule has 0 N–H and O–H groups in total. The Morgan fingerprint density at radius 3 is 2.88 bits per heavy atom. The number of rotatable bonds is 4. The van der Waals surface area contributed by atoms with Crippen LogP contribution < -0.4 is 4.74 Å². The zero-order chi connectivity index (χ0) is 17.1. The summed E-state index contributed by atoms with van der Waals surface area (Å²) >= 11 is 0. The Kier molecular flexibility index (Phi) is 5.25. The van der Waals surface area contributed by atoms with Gasteiger partial charge in [0.05, 0.1) is 6.10 Å². The third kappa shape index (κ3) is 3.84. The fourth-order valence-electron chi connectivity index (χ4n) is 4.73. The molecule has 0 bridgehead atoms. The molecule has 3 aliphatic rings. The molecule has 25 heavy (non-hydrogen) atoms. The topological polar surface area (TPSA) is 38.8 Å². The van der Waals surface area contributed by atoms with Crippen molar-refractivity contribution in [1.29, 1.82) is 0 Å². The van der Waals surface area contributed by atoms with Gasteiger partial charge in [-0.15, -0.1) is 0 Å². The van der Waals surface area contributed by atoms with Crippen molar-refractivity contribution in [2.24, 2.45) is 5.92 Å². The number of ether oxygens (including phenoxy) is 2. The Hall–Kier alpha value is -1.55. The molecule has 0 aromatic heterocycles. The number of benzene rings is 1. The highest BCUT2D eigenvalue weighted by molar-refractivity contribution is 5.95. The smallest absolute Gasteiger partial charge is 0.254 e. The van der Waals surface area contributed by atoms with Gasteiger partial charge in [-0.3, -0.25) is 4.79 Å². The number of likely N-dealkylation sites (tertiary alicyclic amines) is 1. The van der Waals surface area contributed by atoms with Gasteiger partial charge in [0.25, 0.3) is 5.91 Å². The van der Waals surface area contributed by atoms with Crippen LogP contribution in [0.15, 0.2) is 24.3 Å². The first-order valence-electron chi connectivity index (χ1n) is 9.97. The molecule has 136 valence electrons. The second kappa shape index (κ2) is 7.77. The van der Waals surface area contributed by atoms with Crippen LogP contribution in [0.1, 0.15) is 61.7 Å². The van der Waals surface area contributed by atoms with Gasteiger partial charge in [0.15, 0.2) is 0 Å². The van der Waals surface area contributed by atoms with Gasteiger partial charge in [0, 0.05) is 24.8 Å². The largest absolute Gasteiger partial charge is 0.491 e. The van der Waals surface area contributed by atoms with Crippen molar-refractivity contribution in [3.8, 4) is 5.75 Å². The minimum atomic E-state index is 0.180. The van der Waals surface area contributed by atoms with E-state index in [2.05, 4.69) is 4.90 Å². The van der Waals surface area contributed by atoms with Gasteiger partial charge in [-0.2, -0.15) is 0 Å². The minimum Gasteiger partial charge on any atom is -0.491 e.